The van der Waals surface area contributed by atoms with E-state index in [1.165, 1.54) is 11.8 Å². The Hall–Kier alpha value is -2.28. The molecule has 2 atom stereocenters. The summed E-state index contributed by atoms with van der Waals surface area (Å²) in [5.74, 6) is -1.08. The number of likely N-dealkylation sites (tertiary alicyclic amines) is 1. The Morgan fingerprint density at radius 1 is 1.22 bits per heavy atom. The lowest BCUT2D eigenvalue weighted by molar-refractivity contribution is -0.157. The van der Waals surface area contributed by atoms with Crippen LogP contribution in [0.2, 0.25) is 5.02 Å². The van der Waals surface area contributed by atoms with Gasteiger partial charge < -0.3 is 14.8 Å². The number of benzene rings is 1. The van der Waals surface area contributed by atoms with E-state index in [-0.39, 0.29) is 0 Å². The maximum absolute atomic E-state index is 12.5. The highest BCUT2D eigenvalue weighted by Gasteiger charge is 2.38. The molecular formula is C19H25ClN2O5. The van der Waals surface area contributed by atoms with Crippen molar-refractivity contribution in [3.63, 3.8) is 0 Å². The van der Waals surface area contributed by atoms with Crippen molar-refractivity contribution in [2.24, 2.45) is 0 Å². The third-order valence-electron chi connectivity index (χ3n) is 3.93. The summed E-state index contributed by atoms with van der Waals surface area (Å²) in [4.78, 5) is 38.3. The molecule has 2 amide bonds. The largest absolute Gasteiger partial charge is 0.451 e. The molecule has 1 fully saturated rings. The van der Waals surface area contributed by atoms with Crippen molar-refractivity contribution >= 4 is 35.3 Å². The fourth-order valence-corrected chi connectivity index (χ4v) is 2.76. The Balaban J connectivity index is 1.93. The second-order valence-corrected chi connectivity index (χ2v) is 7.84. The molecule has 0 bridgehead atoms. The minimum Gasteiger partial charge on any atom is -0.451 e. The number of hydrogen-bond donors (Lipinski definition) is 1. The SMILES string of the molecule is C[C@@H](OC(=O)[C@@H]1CCCN1C(=O)OC(C)(C)C)C(=O)Nc1ccc(Cl)cc1. The van der Waals surface area contributed by atoms with Gasteiger partial charge in [0.05, 0.1) is 0 Å². The van der Waals surface area contributed by atoms with Gasteiger partial charge in [-0.3, -0.25) is 9.69 Å². The zero-order chi connectivity index (χ0) is 20.2. The molecule has 1 saturated heterocycles. The van der Waals surface area contributed by atoms with E-state index in [0.717, 1.165) is 0 Å². The van der Waals surface area contributed by atoms with Crippen LogP contribution in [-0.4, -0.2) is 47.2 Å². The second-order valence-electron chi connectivity index (χ2n) is 7.41. The van der Waals surface area contributed by atoms with Gasteiger partial charge in [0, 0.05) is 17.3 Å². The number of halogens is 1. The average Bonchev–Trinajstić information content (AvgIpc) is 3.05. The summed E-state index contributed by atoms with van der Waals surface area (Å²) in [6.45, 7) is 7.18. The summed E-state index contributed by atoms with van der Waals surface area (Å²) >= 11 is 5.81. The number of amides is 2. The molecule has 1 N–H and O–H groups in total. The minimum absolute atomic E-state index is 0.417. The highest BCUT2D eigenvalue weighted by atomic mass is 35.5. The quantitative estimate of drug-likeness (QED) is 0.786. The van der Waals surface area contributed by atoms with Crippen molar-refractivity contribution in [3.8, 4) is 0 Å². The highest BCUT2D eigenvalue weighted by Crippen LogP contribution is 2.22. The second kappa shape index (κ2) is 8.61. The van der Waals surface area contributed by atoms with E-state index in [0.29, 0.717) is 30.1 Å². The first-order valence-corrected chi connectivity index (χ1v) is 9.21. The fraction of sp³-hybridized carbons (Fsp3) is 0.526. The standard InChI is InChI=1S/C19H25ClN2O5/c1-12(16(23)21-14-9-7-13(20)8-10-14)26-17(24)15-6-5-11-22(15)18(25)27-19(2,3)4/h7-10,12,15H,5-6,11H2,1-4H3,(H,21,23)/t12-,15+/m1/s1. The van der Waals surface area contributed by atoms with E-state index in [9.17, 15) is 14.4 Å². The van der Waals surface area contributed by atoms with Crippen molar-refractivity contribution in [1.29, 1.82) is 0 Å². The van der Waals surface area contributed by atoms with Gasteiger partial charge in [0.15, 0.2) is 6.10 Å². The van der Waals surface area contributed by atoms with Crippen LogP contribution in [-0.2, 0) is 19.1 Å². The lowest BCUT2D eigenvalue weighted by Gasteiger charge is -2.28. The first-order chi connectivity index (χ1) is 12.6. The molecule has 0 aliphatic carbocycles. The Morgan fingerprint density at radius 2 is 1.85 bits per heavy atom. The molecule has 0 unspecified atom stereocenters. The predicted molar refractivity (Wildman–Crippen MR) is 102 cm³/mol. The van der Waals surface area contributed by atoms with Crippen molar-refractivity contribution in [1.82, 2.24) is 4.90 Å². The third-order valence-corrected chi connectivity index (χ3v) is 4.18. The van der Waals surface area contributed by atoms with Crippen molar-refractivity contribution < 1.29 is 23.9 Å². The van der Waals surface area contributed by atoms with Gasteiger partial charge in [-0.25, -0.2) is 9.59 Å². The summed E-state index contributed by atoms with van der Waals surface area (Å²) in [7, 11) is 0. The van der Waals surface area contributed by atoms with E-state index in [1.807, 2.05) is 0 Å². The van der Waals surface area contributed by atoms with Crippen LogP contribution in [0.5, 0.6) is 0 Å². The number of nitrogens with one attached hydrogen (secondary N) is 1. The van der Waals surface area contributed by atoms with Crippen LogP contribution in [0, 0.1) is 0 Å². The van der Waals surface area contributed by atoms with Crippen LogP contribution in [0.4, 0.5) is 10.5 Å². The number of hydrogen-bond acceptors (Lipinski definition) is 5. The van der Waals surface area contributed by atoms with Gasteiger partial charge in [0.1, 0.15) is 11.6 Å². The summed E-state index contributed by atoms with van der Waals surface area (Å²) in [5.41, 5.74) is -0.108. The molecule has 1 aromatic carbocycles. The smallest absolute Gasteiger partial charge is 0.411 e. The number of carbonyl (C=O) groups is 3. The predicted octanol–water partition coefficient (Wildman–Crippen LogP) is 3.61. The number of carbonyl (C=O) groups excluding carboxylic acids is 3. The molecule has 148 valence electrons. The first-order valence-electron chi connectivity index (χ1n) is 8.83. The monoisotopic (exact) mass is 396 g/mol. The summed E-state index contributed by atoms with van der Waals surface area (Å²) in [6.07, 6.45) is -0.414. The number of nitrogens with zero attached hydrogens (tertiary/aromatic N) is 1. The Bertz CT molecular complexity index is 699. The van der Waals surface area contributed by atoms with Crippen LogP contribution in [0.25, 0.3) is 0 Å². The van der Waals surface area contributed by atoms with Crippen molar-refractivity contribution in [3.05, 3.63) is 29.3 Å². The van der Waals surface area contributed by atoms with Crippen LogP contribution < -0.4 is 5.32 Å². The lowest BCUT2D eigenvalue weighted by atomic mass is 10.2. The molecule has 1 aliphatic rings. The number of ether oxygens (including phenoxy) is 2. The molecule has 0 radical (unpaired) electrons. The van der Waals surface area contributed by atoms with E-state index < -0.39 is 35.7 Å². The average molecular weight is 397 g/mol. The molecule has 7 nitrogen and oxygen atoms in total. The van der Waals surface area contributed by atoms with Gasteiger partial charge in [-0.05, 0) is 64.8 Å². The molecule has 27 heavy (non-hydrogen) atoms. The molecule has 2 rings (SSSR count). The summed E-state index contributed by atoms with van der Waals surface area (Å²) in [5, 5.41) is 3.20. The van der Waals surface area contributed by atoms with Crippen LogP contribution in [0.1, 0.15) is 40.5 Å². The molecule has 1 aromatic rings. The molecule has 0 spiro atoms. The fourth-order valence-electron chi connectivity index (χ4n) is 2.63. The maximum atomic E-state index is 12.5. The van der Waals surface area contributed by atoms with Crippen LogP contribution in [0.3, 0.4) is 0 Å². The summed E-state index contributed by atoms with van der Waals surface area (Å²) < 4.78 is 10.6. The number of anilines is 1. The zero-order valence-corrected chi connectivity index (χ0v) is 16.7. The Kier molecular flexibility index (Phi) is 6.70. The van der Waals surface area contributed by atoms with Gasteiger partial charge in [0.2, 0.25) is 0 Å². The van der Waals surface area contributed by atoms with E-state index in [2.05, 4.69) is 5.32 Å². The third kappa shape index (κ3) is 6.13. The van der Waals surface area contributed by atoms with Crippen molar-refractivity contribution in [2.75, 3.05) is 11.9 Å². The van der Waals surface area contributed by atoms with Gasteiger partial charge in [-0.15, -0.1) is 0 Å². The lowest BCUT2D eigenvalue weighted by Crippen LogP contribution is -2.45. The van der Waals surface area contributed by atoms with Gasteiger partial charge in [-0.2, -0.15) is 0 Å². The summed E-state index contributed by atoms with van der Waals surface area (Å²) in [6, 6.07) is 5.84. The Labute approximate surface area is 163 Å². The number of esters is 1. The van der Waals surface area contributed by atoms with Gasteiger partial charge >= 0.3 is 12.1 Å². The number of rotatable bonds is 4. The highest BCUT2D eigenvalue weighted by molar-refractivity contribution is 6.30. The van der Waals surface area contributed by atoms with E-state index in [1.54, 1.807) is 45.0 Å². The normalized spacial score (nSPS) is 18.0. The minimum atomic E-state index is -1.01. The molecular weight excluding hydrogens is 372 g/mol. The molecule has 8 heteroatoms. The first kappa shape index (κ1) is 21.0. The topological polar surface area (TPSA) is 84.9 Å². The van der Waals surface area contributed by atoms with Crippen LogP contribution >= 0.6 is 11.6 Å². The van der Waals surface area contributed by atoms with Crippen molar-refractivity contribution in [2.45, 2.75) is 58.3 Å². The van der Waals surface area contributed by atoms with E-state index in [4.69, 9.17) is 21.1 Å². The van der Waals surface area contributed by atoms with Gasteiger partial charge in [-0.1, -0.05) is 11.6 Å². The zero-order valence-electron chi connectivity index (χ0n) is 16.0. The Morgan fingerprint density at radius 3 is 2.44 bits per heavy atom. The maximum Gasteiger partial charge on any atom is 0.411 e. The molecule has 1 heterocycles. The molecule has 0 aromatic heterocycles. The van der Waals surface area contributed by atoms with Crippen LogP contribution in [0.15, 0.2) is 24.3 Å². The molecule has 1 aliphatic heterocycles. The molecule has 0 saturated carbocycles. The van der Waals surface area contributed by atoms with E-state index >= 15 is 0 Å². The van der Waals surface area contributed by atoms with Gasteiger partial charge in [0.25, 0.3) is 5.91 Å².